The van der Waals surface area contributed by atoms with Crippen LogP contribution in [0.25, 0.3) is 20.9 Å². The quantitative estimate of drug-likeness (QED) is 0.0118. The molecule has 7 N–H and O–H groups in total. The summed E-state index contributed by atoms with van der Waals surface area (Å²) in [4.78, 5) is 61.3. The smallest absolute Gasteiger partial charge is 0.311 e. The van der Waals surface area contributed by atoms with E-state index in [1.807, 2.05) is 137 Å². The zero-order valence-electron chi connectivity index (χ0n) is 78.3. The van der Waals surface area contributed by atoms with Gasteiger partial charge in [-0.2, -0.15) is 0 Å². The normalized spacial score (nSPS) is 26.4. The Hall–Kier alpha value is -2.70. The molecule has 10 unspecified atom stereocenters. The summed E-state index contributed by atoms with van der Waals surface area (Å²) < 4.78 is 9.68. The first-order valence-corrected chi connectivity index (χ1v) is 45.5. The number of aliphatic carboxylic acids is 2. The van der Waals surface area contributed by atoms with Gasteiger partial charge in [-0.3, -0.25) is 23.7 Å². The molecule has 0 amide bonds. The van der Waals surface area contributed by atoms with E-state index in [0.29, 0.717) is 65.9 Å². The van der Waals surface area contributed by atoms with Crippen molar-refractivity contribution in [2.45, 2.75) is 270 Å². The number of allylic oxidation sites excluding steroid dienone is 3. The van der Waals surface area contributed by atoms with Crippen LogP contribution in [0.4, 0.5) is 0 Å². The van der Waals surface area contributed by atoms with E-state index in [-0.39, 0.29) is 62.7 Å². The number of likely N-dealkylation sites (tertiary alicyclic amines) is 7. The molecule has 0 saturated carbocycles. The van der Waals surface area contributed by atoms with Crippen LogP contribution in [0.5, 0.6) is 0 Å². The second-order valence-electron chi connectivity index (χ2n) is 29.2. The molecule has 2 spiro atoms. The summed E-state index contributed by atoms with van der Waals surface area (Å²) in [5, 5.41) is 38.4. The minimum atomic E-state index is -0.688. The third-order valence-electron chi connectivity index (χ3n) is 21.3. The SMILES string of the molecule is C=CCC1(C(=O)O)CCN(C)C1.C=CCC1(CC)CCN(C)C1.C=CCOC(=O)C1CCN(C)C1.C=C[CH2-].CC.CC.CC.CC.CC.CC.CC.CC.CCC1(CCCO)CCN(C)C1.CN1CCC(C(=O)O)C1.CN1CCC(N)(CCCO)C1.CN1CCC2(CCCN2PN=[N+]=[N-])C1.[N-]=[N+]=NPN1CCCC12CCNC2.[Y]. The minimum Gasteiger partial charge on any atom is -0.481 e. The van der Waals surface area contributed by atoms with Crippen molar-refractivity contribution < 1.29 is 72.3 Å². The minimum absolute atomic E-state index is 0. The van der Waals surface area contributed by atoms with Gasteiger partial charge in [0, 0.05) is 156 Å². The van der Waals surface area contributed by atoms with E-state index in [1.165, 1.54) is 116 Å². The van der Waals surface area contributed by atoms with Crippen LogP contribution in [-0.2, 0) is 51.8 Å². The maximum atomic E-state index is 11.3. The van der Waals surface area contributed by atoms with Gasteiger partial charge in [-0.05, 0) is 252 Å². The summed E-state index contributed by atoms with van der Waals surface area (Å²) in [6.07, 6.45) is 28.8. The van der Waals surface area contributed by atoms with E-state index in [2.05, 4.69) is 145 Å². The summed E-state index contributed by atoms with van der Waals surface area (Å²) in [7, 11) is 15.2. The van der Waals surface area contributed by atoms with Crippen molar-refractivity contribution in [2.24, 2.45) is 43.6 Å². The summed E-state index contributed by atoms with van der Waals surface area (Å²) in [5.41, 5.74) is 23.9. The van der Waals surface area contributed by atoms with E-state index in [1.54, 1.807) is 12.2 Å². The molecular weight excluding hydrogens is 1550 g/mol. The number of aliphatic hydroxyl groups excluding tert-OH is 2. The molecule has 28 heteroatoms. The van der Waals surface area contributed by atoms with Crippen LogP contribution in [0.1, 0.15) is 253 Å². The molecule has 10 rings (SSSR count). The Balaban J connectivity index is -0.000000182. The molecule has 10 fully saturated rings. The molecular formula is C86H182N17O8P2Y-. The Kier molecular flexibility index (Phi) is 89.1. The second-order valence-corrected chi connectivity index (χ2v) is 31.1. The zero-order valence-corrected chi connectivity index (χ0v) is 83.1. The molecule has 10 aliphatic rings. The summed E-state index contributed by atoms with van der Waals surface area (Å²) in [5.74, 6) is -1.46. The van der Waals surface area contributed by atoms with Crippen molar-refractivity contribution in [1.82, 2.24) is 49.0 Å². The van der Waals surface area contributed by atoms with Gasteiger partial charge in [0.2, 0.25) is 0 Å². The van der Waals surface area contributed by atoms with Crippen LogP contribution >= 0.6 is 17.8 Å². The van der Waals surface area contributed by atoms with Gasteiger partial charge in [-0.15, -0.1) is 13.2 Å². The standard InChI is InChI=1S/C10H21NO.C10H19N.2C9H15NO2.C8H16N5P.C8H18N2O.C7H14N5P.C6H11NO2.C3H5.8C2H6.Y/c1-3-10(5-4-8-12)6-7-11(2)9-10;1-4-6-10(5-2)7-8-11(3)9-10;1-3-6-12-9(11)8-4-5-10(2)7-8;1-3-4-9(8(11)12)5-6-10(2)7-9;1-12-6-4-8(7-12)3-2-5-13(8)14-11-10-9;1-10-5-4-8(9,7-10)3-2-6-11;8-10-11-13-12-5-1-2-7(12)3-4-9-6-7;1-7-3-2-5(4-7)6(8)9;1-3-2;8*1-2;/h12H,3-9H2,1-2H3;4H,1,5-9H2,2-3H3;3,8H,1,4-7H2,2H3;3H,1,4-7H2,2H3,(H,11,12);14H,2-7H2,1H3;11H,2-7,9H2,1H3;9,13H,1-6H2;5H,2-4H2,1H3,(H,8,9);3H,1-2H2;8*1-2H3;/q;;;;;;;;-1;;;;;;;;;. The topological polar surface area (TPSA) is 306 Å². The number of aliphatic hydroxyl groups is 2. The van der Waals surface area contributed by atoms with Crippen molar-refractivity contribution in [3.63, 3.8) is 0 Å². The molecule has 0 aromatic rings. The maximum Gasteiger partial charge on any atom is 0.311 e. The fraction of sp³-hybridized carbons (Fsp3) is 0.860. The molecule has 0 aliphatic carbocycles. The number of hydrogen-bond acceptors (Lipinski definition) is 19. The number of likely N-dealkylation sites (N-methyl/N-ethyl adjacent to an activating group) is 2. The van der Waals surface area contributed by atoms with Gasteiger partial charge in [0.1, 0.15) is 6.61 Å². The van der Waals surface area contributed by atoms with Crippen LogP contribution in [0.15, 0.2) is 60.4 Å². The van der Waals surface area contributed by atoms with Crippen molar-refractivity contribution in [2.75, 3.05) is 187 Å². The van der Waals surface area contributed by atoms with E-state index < -0.39 is 17.4 Å². The van der Waals surface area contributed by atoms with Gasteiger partial charge in [-0.25, -0.2) is 19.6 Å². The fourth-order valence-corrected chi connectivity index (χ4v) is 17.2. The Bertz CT molecular complexity index is 2420. The molecule has 673 valence electrons. The number of azide groups is 2. The molecule has 10 aliphatic heterocycles. The fourth-order valence-electron chi connectivity index (χ4n) is 15.4. The predicted molar refractivity (Wildman–Crippen MR) is 491 cm³/mol. The molecule has 0 bridgehead atoms. The van der Waals surface area contributed by atoms with Crippen LogP contribution in [0.3, 0.4) is 0 Å². The monoisotopic (exact) mass is 1730 g/mol. The average Bonchev–Trinajstić information content (AvgIpc) is 1.63. The molecule has 114 heavy (non-hydrogen) atoms. The first-order valence-electron chi connectivity index (χ1n) is 43.7. The number of ether oxygens (including phenoxy) is 1. The van der Waals surface area contributed by atoms with Gasteiger partial charge < -0.3 is 70.5 Å². The Morgan fingerprint density at radius 3 is 1.28 bits per heavy atom. The van der Waals surface area contributed by atoms with Crippen molar-refractivity contribution in [1.29, 1.82) is 0 Å². The van der Waals surface area contributed by atoms with E-state index >= 15 is 0 Å². The summed E-state index contributed by atoms with van der Waals surface area (Å²) >= 11 is 0. The number of esters is 1. The van der Waals surface area contributed by atoms with E-state index in [0.717, 1.165) is 123 Å². The van der Waals surface area contributed by atoms with Crippen LogP contribution in [0, 0.1) is 35.0 Å². The van der Waals surface area contributed by atoms with Crippen molar-refractivity contribution >= 4 is 35.7 Å². The number of rotatable bonds is 21. The average molecular weight is 1730 g/mol. The Morgan fingerprint density at radius 1 is 0.535 bits per heavy atom. The number of carboxylic acids is 2. The first kappa shape index (κ1) is 127. The van der Waals surface area contributed by atoms with Gasteiger partial charge in [-0.1, -0.05) is 159 Å². The summed E-state index contributed by atoms with van der Waals surface area (Å²) in [6, 6.07) is 0. The van der Waals surface area contributed by atoms with Crippen LogP contribution < -0.4 is 11.1 Å². The van der Waals surface area contributed by atoms with E-state index in [4.69, 9.17) is 42.0 Å². The van der Waals surface area contributed by atoms with Gasteiger partial charge in [0.25, 0.3) is 0 Å². The van der Waals surface area contributed by atoms with Gasteiger partial charge >= 0.3 is 17.9 Å². The number of nitrogens with zero attached hydrogens (tertiary/aromatic N) is 15. The second kappa shape index (κ2) is 80.1. The molecule has 10 saturated heterocycles. The van der Waals surface area contributed by atoms with Gasteiger partial charge in [0.15, 0.2) is 0 Å². The molecule has 0 aromatic heterocycles. The van der Waals surface area contributed by atoms with Crippen molar-refractivity contribution in [3.8, 4) is 0 Å². The van der Waals surface area contributed by atoms with Crippen LogP contribution in [-0.4, -0.2) is 286 Å². The molecule has 10 heterocycles. The maximum absolute atomic E-state index is 11.3. The molecule has 1 radical (unpaired) electrons. The molecule has 25 nitrogen and oxygen atoms in total. The Morgan fingerprint density at radius 2 is 0.947 bits per heavy atom. The molecule has 10 atom stereocenters. The zero-order chi connectivity index (χ0) is 88.6. The number of carbonyl (C=O) groups is 3. The Labute approximate surface area is 730 Å². The third kappa shape index (κ3) is 53.2. The van der Waals surface area contributed by atoms with Gasteiger partial charge in [0.05, 0.1) is 17.3 Å². The number of carboxylic acid groups (broad SMARTS) is 2. The molecule has 0 aromatic carbocycles. The first-order chi connectivity index (χ1) is 54.2. The number of nitrogens with one attached hydrogen (secondary N) is 1. The third-order valence-corrected chi connectivity index (χ3v) is 23.5. The van der Waals surface area contributed by atoms with Crippen LogP contribution in [0.2, 0.25) is 0 Å². The largest absolute Gasteiger partial charge is 0.481 e. The van der Waals surface area contributed by atoms with Crippen molar-refractivity contribution in [3.05, 3.63) is 78.4 Å². The number of nitrogens with two attached hydrogens (primary N) is 1. The number of carbonyl (C=O) groups excluding carboxylic acids is 1. The van der Waals surface area contributed by atoms with E-state index in [9.17, 15) is 14.4 Å². The number of hydrogen-bond donors (Lipinski definition) is 6. The predicted octanol–water partition coefficient (Wildman–Crippen LogP) is 18.1. The summed E-state index contributed by atoms with van der Waals surface area (Å²) in [6.45, 7) is 73.7.